The van der Waals surface area contributed by atoms with Gasteiger partial charge in [0.25, 0.3) is 0 Å². The standard InChI is InChI=1S/C21H25NO4.H2O4S/c1-23-18-6-5-13-9-17-15-11-20(25-3)19(24-2)10-14(15)7-8-22(17)12-16(13)21(18)26-4;1-5(2,3)4/h5-6,10-11,17H,7-9,12H2,1-4H3;(H2,1,2,3,4)/t17-;/m1./s1. The molecule has 10 heteroatoms. The number of benzene rings is 2. The summed E-state index contributed by atoms with van der Waals surface area (Å²) in [6.45, 7) is 1.89. The Morgan fingerprint density at radius 1 is 0.903 bits per heavy atom. The van der Waals surface area contributed by atoms with Gasteiger partial charge in [0.05, 0.1) is 28.4 Å². The maximum Gasteiger partial charge on any atom is 0.394 e. The minimum absolute atomic E-state index is 0.351. The van der Waals surface area contributed by atoms with Crippen LogP contribution in [-0.2, 0) is 29.8 Å². The largest absolute Gasteiger partial charge is 0.493 e. The number of rotatable bonds is 4. The smallest absolute Gasteiger partial charge is 0.394 e. The lowest BCUT2D eigenvalue weighted by atomic mass is 9.83. The van der Waals surface area contributed by atoms with E-state index in [4.69, 9.17) is 36.5 Å². The third kappa shape index (κ3) is 5.04. The van der Waals surface area contributed by atoms with Crippen molar-refractivity contribution in [2.24, 2.45) is 0 Å². The second-order valence-corrected chi connectivity index (χ2v) is 8.13. The molecule has 0 unspecified atom stereocenters. The molecule has 0 saturated heterocycles. The molecule has 2 heterocycles. The fourth-order valence-corrected chi connectivity index (χ4v) is 4.32. The Morgan fingerprint density at radius 3 is 2.10 bits per heavy atom. The molecule has 170 valence electrons. The Kier molecular flexibility index (Phi) is 6.95. The van der Waals surface area contributed by atoms with E-state index in [1.54, 1.807) is 28.4 Å². The Morgan fingerprint density at radius 2 is 1.52 bits per heavy atom. The zero-order valence-corrected chi connectivity index (χ0v) is 18.7. The molecule has 1 atom stereocenters. The summed E-state index contributed by atoms with van der Waals surface area (Å²) < 4.78 is 53.7. The van der Waals surface area contributed by atoms with E-state index in [1.165, 1.54) is 22.3 Å². The van der Waals surface area contributed by atoms with Crippen molar-refractivity contribution in [1.82, 2.24) is 4.90 Å². The molecule has 2 aromatic rings. The van der Waals surface area contributed by atoms with Crippen LogP contribution in [0.5, 0.6) is 23.0 Å². The summed E-state index contributed by atoms with van der Waals surface area (Å²) >= 11 is 0. The van der Waals surface area contributed by atoms with Gasteiger partial charge in [0.15, 0.2) is 23.0 Å². The van der Waals surface area contributed by atoms with Gasteiger partial charge in [-0.1, -0.05) is 6.07 Å². The average Bonchev–Trinajstić information content (AvgIpc) is 2.74. The predicted molar refractivity (Wildman–Crippen MR) is 114 cm³/mol. The van der Waals surface area contributed by atoms with Gasteiger partial charge in [0.1, 0.15) is 0 Å². The number of methoxy groups -OCH3 is 4. The molecule has 0 spiro atoms. The van der Waals surface area contributed by atoms with Crippen molar-refractivity contribution in [3.05, 3.63) is 46.5 Å². The minimum atomic E-state index is -4.67. The third-order valence-electron chi connectivity index (χ3n) is 5.63. The van der Waals surface area contributed by atoms with Crippen molar-refractivity contribution < 1.29 is 36.5 Å². The second-order valence-electron chi connectivity index (χ2n) is 7.23. The molecule has 2 aliphatic heterocycles. The molecule has 0 amide bonds. The SMILES string of the molecule is COc1cc2c(cc1OC)[C@H]1Cc3ccc(OC)c(OC)c3CN1CC2.O=S(=O)(O)O. The van der Waals surface area contributed by atoms with Crippen LogP contribution in [0.3, 0.4) is 0 Å². The van der Waals surface area contributed by atoms with Crippen molar-refractivity contribution in [1.29, 1.82) is 0 Å². The van der Waals surface area contributed by atoms with E-state index in [9.17, 15) is 0 Å². The van der Waals surface area contributed by atoms with Crippen LogP contribution in [-0.4, -0.2) is 57.4 Å². The lowest BCUT2D eigenvalue weighted by Gasteiger charge is -2.42. The highest BCUT2D eigenvalue weighted by Gasteiger charge is 2.34. The Balaban J connectivity index is 0.000000491. The summed E-state index contributed by atoms with van der Waals surface area (Å²) in [5, 5.41) is 0. The molecule has 0 saturated carbocycles. The highest BCUT2D eigenvalue weighted by Crippen LogP contribution is 2.45. The quantitative estimate of drug-likeness (QED) is 0.674. The van der Waals surface area contributed by atoms with E-state index in [0.717, 1.165) is 48.9 Å². The minimum Gasteiger partial charge on any atom is -0.493 e. The molecule has 0 aliphatic carbocycles. The number of fused-ring (bicyclic) bond motifs is 4. The molecule has 2 aromatic carbocycles. The van der Waals surface area contributed by atoms with Crippen molar-refractivity contribution in [3.8, 4) is 23.0 Å². The number of nitrogens with zero attached hydrogens (tertiary/aromatic N) is 1. The van der Waals surface area contributed by atoms with E-state index < -0.39 is 10.4 Å². The lowest BCUT2D eigenvalue weighted by Crippen LogP contribution is -2.39. The van der Waals surface area contributed by atoms with Gasteiger partial charge in [-0.15, -0.1) is 0 Å². The summed E-state index contributed by atoms with van der Waals surface area (Å²) in [5.41, 5.74) is 5.26. The number of ether oxygens (including phenoxy) is 4. The van der Waals surface area contributed by atoms with Crippen LogP contribution in [0.15, 0.2) is 24.3 Å². The first-order chi connectivity index (χ1) is 14.7. The van der Waals surface area contributed by atoms with Gasteiger partial charge >= 0.3 is 10.4 Å². The van der Waals surface area contributed by atoms with Crippen molar-refractivity contribution in [2.75, 3.05) is 35.0 Å². The monoisotopic (exact) mass is 453 g/mol. The van der Waals surface area contributed by atoms with Crippen LogP contribution in [0.25, 0.3) is 0 Å². The number of hydrogen-bond donors (Lipinski definition) is 2. The van der Waals surface area contributed by atoms with Crippen LogP contribution < -0.4 is 18.9 Å². The first-order valence-corrected chi connectivity index (χ1v) is 11.0. The van der Waals surface area contributed by atoms with E-state index >= 15 is 0 Å². The molecular formula is C21H27NO8S. The molecule has 0 fully saturated rings. The highest BCUT2D eigenvalue weighted by molar-refractivity contribution is 7.79. The van der Waals surface area contributed by atoms with Gasteiger partial charge in [-0.3, -0.25) is 14.0 Å². The van der Waals surface area contributed by atoms with Crippen LogP contribution in [0.2, 0.25) is 0 Å². The van der Waals surface area contributed by atoms with Gasteiger partial charge in [-0.25, -0.2) is 0 Å². The molecule has 9 nitrogen and oxygen atoms in total. The zero-order valence-electron chi connectivity index (χ0n) is 17.9. The van der Waals surface area contributed by atoms with Crippen molar-refractivity contribution in [2.45, 2.75) is 25.4 Å². The molecule has 4 rings (SSSR count). The molecule has 2 N–H and O–H groups in total. The highest BCUT2D eigenvalue weighted by atomic mass is 32.3. The average molecular weight is 454 g/mol. The van der Waals surface area contributed by atoms with E-state index in [2.05, 4.69) is 23.1 Å². The maximum absolute atomic E-state index is 8.74. The number of hydrogen-bond acceptors (Lipinski definition) is 7. The molecule has 0 bridgehead atoms. The summed E-state index contributed by atoms with van der Waals surface area (Å²) in [7, 11) is 2.12. The molecule has 0 radical (unpaired) electrons. The third-order valence-corrected chi connectivity index (χ3v) is 5.63. The zero-order chi connectivity index (χ0) is 22.8. The van der Waals surface area contributed by atoms with Gasteiger partial charge < -0.3 is 18.9 Å². The Bertz CT molecular complexity index is 1050. The van der Waals surface area contributed by atoms with Crippen molar-refractivity contribution in [3.63, 3.8) is 0 Å². The molecule has 0 aromatic heterocycles. The molecule has 2 aliphatic rings. The first-order valence-electron chi connectivity index (χ1n) is 9.61. The van der Waals surface area contributed by atoms with Gasteiger partial charge in [-0.05, 0) is 47.7 Å². The lowest BCUT2D eigenvalue weighted by molar-refractivity contribution is 0.157. The summed E-state index contributed by atoms with van der Waals surface area (Å²) in [4.78, 5) is 2.53. The van der Waals surface area contributed by atoms with Gasteiger partial charge in [0.2, 0.25) is 0 Å². The van der Waals surface area contributed by atoms with E-state index in [1.807, 2.05) is 6.07 Å². The molecule has 31 heavy (non-hydrogen) atoms. The van der Waals surface area contributed by atoms with Crippen LogP contribution in [0.1, 0.15) is 28.3 Å². The maximum atomic E-state index is 8.74. The van der Waals surface area contributed by atoms with Crippen LogP contribution >= 0.6 is 0 Å². The summed E-state index contributed by atoms with van der Waals surface area (Å²) in [6.07, 6.45) is 1.96. The topological polar surface area (TPSA) is 115 Å². The first kappa shape index (κ1) is 23.1. The fraction of sp³-hybridized carbons (Fsp3) is 0.429. The van der Waals surface area contributed by atoms with Gasteiger partial charge in [-0.2, -0.15) is 8.42 Å². The van der Waals surface area contributed by atoms with Crippen LogP contribution in [0.4, 0.5) is 0 Å². The summed E-state index contributed by atoms with van der Waals surface area (Å²) in [5.74, 6) is 3.27. The van der Waals surface area contributed by atoms with E-state index in [0.29, 0.717) is 6.04 Å². The molecular weight excluding hydrogens is 426 g/mol. The van der Waals surface area contributed by atoms with Crippen molar-refractivity contribution >= 4 is 10.4 Å². The summed E-state index contributed by atoms with van der Waals surface area (Å²) in [6, 6.07) is 8.81. The predicted octanol–water partition coefficient (Wildman–Crippen LogP) is 2.72. The van der Waals surface area contributed by atoms with Crippen LogP contribution in [0, 0.1) is 0 Å². The normalized spacial score (nSPS) is 17.3. The Labute approximate surface area is 182 Å². The second kappa shape index (κ2) is 9.31. The fourth-order valence-electron chi connectivity index (χ4n) is 4.32. The van der Waals surface area contributed by atoms with Gasteiger partial charge in [0, 0.05) is 24.7 Å². The van der Waals surface area contributed by atoms with E-state index in [-0.39, 0.29) is 0 Å². The Hall–Kier alpha value is -2.53.